The molecule has 19 heavy (non-hydrogen) atoms. The average molecular weight is 263 g/mol. The molecule has 2 rings (SSSR count). The lowest BCUT2D eigenvalue weighted by Crippen LogP contribution is -2.10. The molecular formula is C14H21N3O2. The van der Waals surface area contributed by atoms with Crippen molar-refractivity contribution >= 4 is 17.5 Å². The van der Waals surface area contributed by atoms with Crippen LogP contribution >= 0.6 is 0 Å². The first-order chi connectivity index (χ1) is 9.16. The molecule has 0 unspecified atom stereocenters. The zero-order chi connectivity index (χ0) is 13.7. The van der Waals surface area contributed by atoms with Crippen molar-refractivity contribution in [1.29, 1.82) is 0 Å². The van der Waals surface area contributed by atoms with Crippen LogP contribution in [-0.2, 0) is 0 Å². The van der Waals surface area contributed by atoms with E-state index in [1.54, 1.807) is 0 Å². The molecule has 1 aliphatic rings. The van der Waals surface area contributed by atoms with E-state index in [0.29, 0.717) is 5.69 Å². The van der Waals surface area contributed by atoms with E-state index in [1.165, 1.54) is 44.4 Å². The number of hydrogen-bond donors (Lipinski definition) is 3. The Morgan fingerprint density at radius 3 is 2.89 bits per heavy atom. The number of anilines is 2. The predicted octanol–water partition coefficient (Wildman–Crippen LogP) is 2.74. The van der Waals surface area contributed by atoms with Crippen molar-refractivity contribution in [1.82, 2.24) is 4.98 Å². The molecule has 0 aliphatic heterocycles. The van der Waals surface area contributed by atoms with Crippen molar-refractivity contribution in [3.05, 3.63) is 17.8 Å². The number of carbonyl (C=O) groups is 1. The van der Waals surface area contributed by atoms with Gasteiger partial charge in [-0.3, -0.25) is 0 Å². The number of nitrogens with zero attached hydrogens (tertiary/aromatic N) is 1. The third-order valence-corrected chi connectivity index (χ3v) is 3.73. The van der Waals surface area contributed by atoms with Crippen LogP contribution in [0.3, 0.4) is 0 Å². The fourth-order valence-electron chi connectivity index (χ4n) is 2.70. The van der Waals surface area contributed by atoms with Gasteiger partial charge in [-0.2, -0.15) is 0 Å². The summed E-state index contributed by atoms with van der Waals surface area (Å²) in [5.41, 5.74) is 6.24. The van der Waals surface area contributed by atoms with Crippen molar-refractivity contribution in [2.24, 2.45) is 5.92 Å². The average Bonchev–Trinajstić information content (AvgIpc) is 2.89. The summed E-state index contributed by atoms with van der Waals surface area (Å²) in [5.74, 6) is 0.117. The first-order valence-electron chi connectivity index (χ1n) is 6.89. The molecule has 1 aliphatic carbocycles. The van der Waals surface area contributed by atoms with Gasteiger partial charge in [0.2, 0.25) is 0 Å². The number of hydrogen-bond acceptors (Lipinski definition) is 4. The van der Waals surface area contributed by atoms with Gasteiger partial charge in [-0.1, -0.05) is 25.7 Å². The first-order valence-corrected chi connectivity index (χ1v) is 6.89. The number of aromatic carboxylic acids is 1. The minimum Gasteiger partial charge on any atom is -0.478 e. The van der Waals surface area contributed by atoms with Gasteiger partial charge in [0.25, 0.3) is 0 Å². The Labute approximate surface area is 113 Å². The number of aromatic nitrogens is 1. The number of carboxylic acids is 1. The standard InChI is InChI=1S/C14H21N3O2/c15-13-8-11(14(18)19)12(9-17-13)16-7-3-6-10-4-1-2-5-10/h8-10,16H,1-7H2,(H2,15,17)(H,18,19). The molecule has 104 valence electrons. The molecule has 0 amide bonds. The summed E-state index contributed by atoms with van der Waals surface area (Å²) in [4.78, 5) is 15.0. The highest BCUT2D eigenvalue weighted by Gasteiger charge is 2.14. The summed E-state index contributed by atoms with van der Waals surface area (Å²) in [6.45, 7) is 0.780. The Morgan fingerprint density at radius 2 is 2.21 bits per heavy atom. The summed E-state index contributed by atoms with van der Waals surface area (Å²) in [7, 11) is 0. The smallest absolute Gasteiger partial charge is 0.337 e. The second kappa shape index (κ2) is 6.41. The van der Waals surface area contributed by atoms with Gasteiger partial charge in [0.15, 0.2) is 0 Å². The quantitative estimate of drug-likeness (QED) is 0.687. The van der Waals surface area contributed by atoms with Gasteiger partial charge in [-0.15, -0.1) is 0 Å². The lowest BCUT2D eigenvalue weighted by Gasteiger charge is -2.11. The Bertz CT molecular complexity index is 442. The molecule has 1 aromatic rings. The molecule has 0 radical (unpaired) electrons. The van der Waals surface area contributed by atoms with E-state index in [0.717, 1.165) is 18.9 Å². The second-order valence-corrected chi connectivity index (χ2v) is 5.18. The van der Waals surface area contributed by atoms with Crippen LogP contribution in [-0.4, -0.2) is 22.6 Å². The third-order valence-electron chi connectivity index (χ3n) is 3.73. The van der Waals surface area contributed by atoms with Crippen molar-refractivity contribution in [3.8, 4) is 0 Å². The molecular weight excluding hydrogens is 242 g/mol. The maximum Gasteiger partial charge on any atom is 0.337 e. The van der Waals surface area contributed by atoms with Crippen LogP contribution in [0.4, 0.5) is 11.5 Å². The molecule has 0 atom stereocenters. The number of nitrogen functional groups attached to an aromatic ring is 1. The van der Waals surface area contributed by atoms with Crippen LogP contribution in [0, 0.1) is 5.92 Å². The van der Waals surface area contributed by atoms with E-state index in [4.69, 9.17) is 10.8 Å². The maximum atomic E-state index is 11.1. The Kier molecular flexibility index (Phi) is 4.60. The van der Waals surface area contributed by atoms with Gasteiger partial charge in [0.05, 0.1) is 17.4 Å². The largest absolute Gasteiger partial charge is 0.478 e. The minimum absolute atomic E-state index is 0.188. The monoisotopic (exact) mass is 263 g/mol. The van der Waals surface area contributed by atoms with Gasteiger partial charge in [-0.05, 0) is 24.8 Å². The van der Waals surface area contributed by atoms with Crippen LogP contribution in [0.25, 0.3) is 0 Å². The fourth-order valence-corrected chi connectivity index (χ4v) is 2.70. The highest BCUT2D eigenvalue weighted by molar-refractivity contribution is 5.94. The number of rotatable bonds is 6. The SMILES string of the molecule is Nc1cc(C(=O)O)c(NCCCC2CCCC2)cn1. The van der Waals surface area contributed by atoms with Crippen molar-refractivity contribution in [2.75, 3.05) is 17.6 Å². The molecule has 1 saturated carbocycles. The van der Waals surface area contributed by atoms with Crippen LogP contribution in [0.15, 0.2) is 12.3 Å². The van der Waals surface area contributed by atoms with Crippen molar-refractivity contribution in [3.63, 3.8) is 0 Å². The summed E-state index contributed by atoms with van der Waals surface area (Å²) in [5, 5.41) is 12.2. The van der Waals surface area contributed by atoms with Crippen molar-refractivity contribution in [2.45, 2.75) is 38.5 Å². The van der Waals surface area contributed by atoms with Gasteiger partial charge < -0.3 is 16.2 Å². The van der Waals surface area contributed by atoms with Crippen molar-refractivity contribution < 1.29 is 9.90 Å². The van der Waals surface area contributed by atoms with Gasteiger partial charge in [0, 0.05) is 6.54 Å². The summed E-state index contributed by atoms with van der Waals surface area (Å²) >= 11 is 0. The molecule has 5 heteroatoms. The van der Waals surface area contributed by atoms with Crippen LogP contribution < -0.4 is 11.1 Å². The normalized spacial score (nSPS) is 15.6. The molecule has 0 bridgehead atoms. The van der Waals surface area contributed by atoms with E-state index in [-0.39, 0.29) is 11.4 Å². The third kappa shape index (κ3) is 3.84. The van der Waals surface area contributed by atoms with E-state index in [1.807, 2.05) is 0 Å². The molecule has 0 saturated heterocycles. The first kappa shape index (κ1) is 13.6. The minimum atomic E-state index is -0.979. The van der Waals surface area contributed by atoms with Crippen LogP contribution in [0.2, 0.25) is 0 Å². The summed E-state index contributed by atoms with van der Waals surface area (Å²) < 4.78 is 0. The number of nitrogens with two attached hydrogens (primary N) is 1. The van der Waals surface area contributed by atoms with Gasteiger partial charge >= 0.3 is 5.97 Å². The summed E-state index contributed by atoms with van der Waals surface area (Å²) in [6, 6.07) is 1.39. The Morgan fingerprint density at radius 1 is 1.47 bits per heavy atom. The molecule has 1 fully saturated rings. The lowest BCUT2D eigenvalue weighted by molar-refractivity contribution is 0.0698. The number of pyridine rings is 1. The van der Waals surface area contributed by atoms with E-state index in [2.05, 4.69) is 10.3 Å². The molecule has 0 spiro atoms. The molecule has 1 heterocycles. The second-order valence-electron chi connectivity index (χ2n) is 5.18. The van der Waals surface area contributed by atoms with Gasteiger partial charge in [-0.25, -0.2) is 9.78 Å². The van der Waals surface area contributed by atoms with E-state index >= 15 is 0 Å². The Hall–Kier alpha value is -1.78. The lowest BCUT2D eigenvalue weighted by atomic mass is 10.0. The fraction of sp³-hybridized carbons (Fsp3) is 0.571. The zero-order valence-corrected chi connectivity index (χ0v) is 11.1. The molecule has 5 nitrogen and oxygen atoms in total. The molecule has 4 N–H and O–H groups in total. The van der Waals surface area contributed by atoms with Crippen LogP contribution in [0.5, 0.6) is 0 Å². The van der Waals surface area contributed by atoms with E-state index < -0.39 is 5.97 Å². The number of nitrogens with one attached hydrogen (secondary N) is 1. The highest BCUT2D eigenvalue weighted by atomic mass is 16.4. The topological polar surface area (TPSA) is 88.2 Å². The predicted molar refractivity (Wildman–Crippen MR) is 75.3 cm³/mol. The van der Waals surface area contributed by atoms with E-state index in [9.17, 15) is 4.79 Å². The van der Waals surface area contributed by atoms with Crippen LogP contribution in [0.1, 0.15) is 48.9 Å². The summed E-state index contributed by atoms with van der Waals surface area (Å²) in [6.07, 6.45) is 9.21. The van der Waals surface area contributed by atoms with Gasteiger partial charge in [0.1, 0.15) is 5.82 Å². The number of carboxylic acid groups (broad SMARTS) is 1. The zero-order valence-electron chi connectivity index (χ0n) is 11.1. The molecule has 0 aromatic carbocycles. The molecule has 1 aromatic heterocycles. The maximum absolute atomic E-state index is 11.1. The highest BCUT2D eigenvalue weighted by Crippen LogP contribution is 2.28. The Balaban J connectivity index is 1.83.